The molecule has 0 bridgehead atoms. The Labute approximate surface area is 151 Å². The number of carbonyl (C=O) groups is 1. The molecule has 0 unspecified atom stereocenters. The summed E-state index contributed by atoms with van der Waals surface area (Å²) in [5.74, 6) is 0.914. The third-order valence-corrected chi connectivity index (χ3v) is 6.05. The van der Waals surface area contributed by atoms with Gasteiger partial charge in [-0.15, -0.1) is 11.3 Å². The van der Waals surface area contributed by atoms with Crippen LogP contribution in [-0.4, -0.2) is 24.5 Å². The molecule has 1 amide bonds. The van der Waals surface area contributed by atoms with Crippen LogP contribution in [0.25, 0.3) is 10.9 Å². The van der Waals surface area contributed by atoms with Crippen molar-refractivity contribution in [2.45, 2.75) is 32.1 Å². The van der Waals surface area contributed by atoms with Crippen LogP contribution in [0.2, 0.25) is 0 Å². The predicted octanol–water partition coefficient (Wildman–Crippen LogP) is 4.09. The lowest BCUT2D eigenvalue weighted by molar-refractivity contribution is 0.0953. The summed E-state index contributed by atoms with van der Waals surface area (Å²) in [5.41, 5.74) is 4.45. The Kier molecular flexibility index (Phi) is 4.49. The lowest BCUT2D eigenvalue weighted by Crippen LogP contribution is -2.26. The van der Waals surface area contributed by atoms with E-state index in [4.69, 9.17) is 4.74 Å². The first-order valence-electron chi connectivity index (χ1n) is 8.77. The molecule has 25 heavy (non-hydrogen) atoms. The van der Waals surface area contributed by atoms with E-state index in [1.807, 2.05) is 23.7 Å². The number of thiophene rings is 1. The van der Waals surface area contributed by atoms with Crippen LogP contribution in [0, 0.1) is 0 Å². The molecule has 0 fully saturated rings. The second-order valence-electron chi connectivity index (χ2n) is 6.49. The molecule has 130 valence electrons. The fourth-order valence-electron chi connectivity index (χ4n) is 3.59. The maximum Gasteiger partial charge on any atom is 0.252 e. The van der Waals surface area contributed by atoms with Crippen LogP contribution in [0.3, 0.4) is 0 Å². The van der Waals surface area contributed by atoms with Crippen molar-refractivity contribution in [1.29, 1.82) is 0 Å². The molecule has 0 radical (unpaired) electrons. The zero-order valence-corrected chi connectivity index (χ0v) is 15.2. The van der Waals surface area contributed by atoms with Gasteiger partial charge in [0.25, 0.3) is 5.91 Å². The van der Waals surface area contributed by atoms with E-state index >= 15 is 0 Å². The third kappa shape index (κ3) is 3.16. The normalized spacial score (nSPS) is 13.6. The first-order chi connectivity index (χ1) is 12.3. The summed E-state index contributed by atoms with van der Waals surface area (Å²) >= 11 is 1.74. The molecule has 3 aromatic rings. The molecule has 0 atom stereocenters. The van der Waals surface area contributed by atoms with Crippen molar-refractivity contribution < 1.29 is 9.53 Å². The van der Waals surface area contributed by atoms with E-state index in [2.05, 4.69) is 16.4 Å². The van der Waals surface area contributed by atoms with E-state index in [9.17, 15) is 4.79 Å². The monoisotopic (exact) mass is 354 g/mol. The molecule has 2 N–H and O–H groups in total. The Bertz CT molecular complexity index is 910. The Morgan fingerprint density at radius 3 is 3.08 bits per heavy atom. The largest absolute Gasteiger partial charge is 0.497 e. The van der Waals surface area contributed by atoms with Gasteiger partial charge < -0.3 is 15.0 Å². The first-order valence-corrected chi connectivity index (χ1v) is 9.65. The number of rotatable bonds is 5. The van der Waals surface area contributed by atoms with E-state index in [1.54, 1.807) is 18.4 Å². The van der Waals surface area contributed by atoms with Gasteiger partial charge in [0.15, 0.2) is 0 Å². The predicted molar refractivity (Wildman–Crippen MR) is 102 cm³/mol. The van der Waals surface area contributed by atoms with Crippen molar-refractivity contribution in [2.75, 3.05) is 13.7 Å². The van der Waals surface area contributed by atoms with Crippen molar-refractivity contribution in [3.63, 3.8) is 0 Å². The lowest BCUT2D eigenvalue weighted by atomic mass is 9.95. The number of benzene rings is 1. The highest BCUT2D eigenvalue weighted by Gasteiger charge is 2.19. The number of H-pyrrole nitrogens is 1. The summed E-state index contributed by atoms with van der Waals surface area (Å²) in [5, 5.41) is 6.30. The van der Waals surface area contributed by atoms with Crippen LogP contribution < -0.4 is 10.1 Å². The second kappa shape index (κ2) is 6.92. The number of amides is 1. The van der Waals surface area contributed by atoms with Crippen molar-refractivity contribution in [2.24, 2.45) is 0 Å². The minimum absolute atomic E-state index is 0.0703. The van der Waals surface area contributed by atoms with Gasteiger partial charge in [-0.25, -0.2) is 0 Å². The number of hydrogen-bond acceptors (Lipinski definition) is 3. The number of aromatic nitrogens is 1. The summed E-state index contributed by atoms with van der Waals surface area (Å²) in [7, 11) is 1.67. The Morgan fingerprint density at radius 1 is 1.32 bits per heavy atom. The SMILES string of the molecule is COc1ccc2c(CCNC(=O)c3csc4c3CCCC4)c[nH]c2c1. The van der Waals surface area contributed by atoms with Gasteiger partial charge in [0.05, 0.1) is 12.7 Å². The van der Waals surface area contributed by atoms with Crippen molar-refractivity contribution >= 4 is 28.1 Å². The highest BCUT2D eigenvalue weighted by atomic mass is 32.1. The molecule has 2 heterocycles. The summed E-state index contributed by atoms with van der Waals surface area (Å²) in [4.78, 5) is 17.2. The van der Waals surface area contributed by atoms with E-state index in [-0.39, 0.29) is 5.91 Å². The summed E-state index contributed by atoms with van der Waals surface area (Å²) in [6, 6.07) is 6.03. The van der Waals surface area contributed by atoms with Crippen LogP contribution in [0.1, 0.15) is 39.2 Å². The van der Waals surface area contributed by atoms with Crippen LogP contribution in [0.5, 0.6) is 5.75 Å². The van der Waals surface area contributed by atoms with Gasteiger partial charge >= 0.3 is 0 Å². The smallest absolute Gasteiger partial charge is 0.252 e. The maximum absolute atomic E-state index is 12.5. The molecular weight excluding hydrogens is 332 g/mol. The van der Waals surface area contributed by atoms with Gasteiger partial charge in [0.2, 0.25) is 0 Å². The van der Waals surface area contributed by atoms with Gasteiger partial charge in [-0.1, -0.05) is 0 Å². The fourth-order valence-corrected chi connectivity index (χ4v) is 4.72. The summed E-state index contributed by atoms with van der Waals surface area (Å²) in [6.45, 7) is 0.641. The minimum atomic E-state index is 0.0703. The Morgan fingerprint density at radius 2 is 2.20 bits per heavy atom. The number of methoxy groups -OCH3 is 1. The van der Waals surface area contributed by atoms with Gasteiger partial charge in [-0.3, -0.25) is 4.79 Å². The number of ether oxygens (including phenoxy) is 1. The number of carbonyl (C=O) groups excluding carboxylic acids is 1. The molecule has 0 aliphatic heterocycles. The molecule has 4 rings (SSSR count). The van der Waals surface area contributed by atoms with Crippen molar-refractivity contribution in [1.82, 2.24) is 10.3 Å². The third-order valence-electron chi connectivity index (χ3n) is 4.96. The number of aromatic amines is 1. The van der Waals surface area contributed by atoms with Crippen LogP contribution in [0.15, 0.2) is 29.8 Å². The van der Waals surface area contributed by atoms with E-state index in [1.165, 1.54) is 34.2 Å². The molecular formula is C20H22N2O2S. The molecule has 0 spiro atoms. The van der Waals surface area contributed by atoms with Crippen LogP contribution in [-0.2, 0) is 19.3 Å². The maximum atomic E-state index is 12.5. The van der Waals surface area contributed by atoms with E-state index in [0.717, 1.165) is 36.1 Å². The average molecular weight is 354 g/mol. The fraction of sp³-hybridized carbons (Fsp3) is 0.350. The minimum Gasteiger partial charge on any atom is -0.497 e. The number of aryl methyl sites for hydroxylation is 1. The van der Waals surface area contributed by atoms with Crippen molar-refractivity contribution in [3.05, 3.63) is 51.3 Å². The lowest BCUT2D eigenvalue weighted by Gasteiger charge is -2.12. The molecule has 4 nitrogen and oxygen atoms in total. The molecule has 1 aromatic carbocycles. The molecule has 1 aliphatic rings. The molecule has 5 heteroatoms. The highest BCUT2D eigenvalue weighted by Crippen LogP contribution is 2.30. The van der Waals surface area contributed by atoms with Gasteiger partial charge in [-0.2, -0.15) is 0 Å². The quantitative estimate of drug-likeness (QED) is 0.725. The molecule has 0 saturated carbocycles. The second-order valence-corrected chi connectivity index (χ2v) is 7.45. The van der Waals surface area contributed by atoms with Gasteiger partial charge in [0, 0.05) is 40.0 Å². The van der Waals surface area contributed by atoms with Crippen molar-refractivity contribution in [3.8, 4) is 5.75 Å². The standard InChI is InChI=1S/C20H22N2O2S/c1-24-14-6-7-15-13(11-22-18(15)10-14)8-9-21-20(23)17-12-25-19-5-3-2-4-16(17)19/h6-7,10-12,22H,2-5,8-9H2,1H3,(H,21,23). The van der Waals surface area contributed by atoms with Crippen LogP contribution >= 0.6 is 11.3 Å². The molecule has 2 aromatic heterocycles. The zero-order valence-electron chi connectivity index (χ0n) is 14.4. The summed E-state index contributed by atoms with van der Waals surface area (Å²) in [6.07, 6.45) is 7.45. The highest BCUT2D eigenvalue weighted by molar-refractivity contribution is 7.10. The Hall–Kier alpha value is -2.27. The first kappa shape index (κ1) is 16.2. The number of nitrogens with one attached hydrogen (secondary N) is 2. The average Bonchev–Trinajstić information content (AvgIpc) is 3.25. The number of fused-ring (bicyclic) bond motifs is 2. The van der Waals surface area contributed by atoms with Crippen LogP contribution in [0.4, 0.5) is 0 Å². The molecule has 1 aliphatic carbocycles. The zero-order chi connectivity index (χ0) is 17.2. The van der Waals surface area contributed by atoms with E-state index < -0.39 is 0 Å². The number of hydrogen-bond donors (Lipinski definition) is 2. The van der Waals surface area contributed by atoms with E-state index in [0.29, 0.717) is 6.54 Å². The topological polar surface area (TPSA) is 54.1 Å². The van der Waals surface area contributed by atoms with Gasteiger partial charge in [-0.05, 0) is 55.4 Å². The Balaban J connectivity index is 1.41. The molecule has 0 saturated heterocycles. The van der Waals surface area contributed by atoms with Gasteiger partial charge in [0.1, 0.15) is 5.75 Å². The summed E-state index contributed by atoms with van der Waals surface area (Å²) < 4.78 is 5.25.